The number of hydrogen-bond acceptors (Lipinski definition) is 5. The Hall–Kier alpha value is 0.0200. The number of rotatable bonds is 0. The van der Waals surface area contributed by atoms with Crippen LogP contribution in [0.4, 0.5) is 0 Å². The van der Waals surface area contributed by atoms with E-state index in [9.17, 15) is 14.7 Å². The van der Waals surface area contributed by atoms with Gasteiger partial charge in [0.1, 0.15) is 6.10 Å². The van der Waals surface area contributed by atoms with E-state index in [0.717, 1.165) is 0 Å². The van der Waals surface area contributed by atoms with Gasteiger partial charge < -0.3 is 10.2 Å². The van der Waals surface area contributed by atoms with Crippen LogP contribution < -0.4 is 34.7 Å². The van der Waals surface area contributed by atoms with Gasteiger partial charge in [0.15, 0.2) is 0 Å². The minimum absolute atomic E-state index is 0. The Labute approximate surface area is 83.7 Å². The zero-order valence-corrected chi connectivity index (χ0v) is 7.72. The van der Waals surface area contributed by atoms with E-state index in [1.807, 2.05) is 0 Å². The molecule has 1 rings (SSSR count). The molecule has 1 saturated heterocycles. The van der Waals surface area contributed by atoms with Crippen molar-refractivity contribution in [2.75, 3.05) is 0 Å². The molecule has 2 atom stereocenters. The molecule has 1 heterocycles. The van der Waals surface area contributed by atoms with Crippen LogP contribution in [-0.4, -0.2) is 39.4 Å². The van der Waals surface area contributed by atoms with E-state index in [1.54, 1.807) is 0 Å². The molecule has 7 heteroatoms. The van der Waals surface area contributed by atoms with Crippen molar-refractivity contribution >= 4 is 11.8 Å². The molecule has 6 nitrogen and oxygen atoms in total. The average Bonchev–Trinajstić information content (AvgIpc) is 2.07. The fourth-order valence-corrected chi connectivity index (χ4v) is 0.619. The maximum atomic E-state index is 10.4. The minimum Gasteiger partial charge on any atom is -0.843 e. The van der Waals surface area contributed by atoms with Crippen LogP contribution in [0.5, 0.6) is 0 Å². The summed E-state index contributed by atoms with van der Waals surface area (Å²) in [7, 11) is 0. The third kappa shape index (κ3) is 1.61. The van der Waals surface area contributed by atoms with E-state index in [2.05, 4.69) is 0 Å². The molecule has 2 amide bonds. The first-order chi connectivity index (χ1) is 4.55. The summed E-state index contributed by atoms with van der Waals surface area (Å²) in [6.45, 7) is 0. The van der Waals surface area contributed by atoms with Crippen LogP contribution in [0.15, 0.2) is 0 Å². The molecular formula is C4H4NNaO5. The molecule has 0 unspecified atom stereocenters. The van der Waals surface area contributed by atoms with E-state index >= 15 is 0 Å². The van der Waals surface area contributed by atoms with Crippen LogP contribution in [0.25, 0.3) is 0 Å². The molecule has 0 radical (unpaired) electrons. The van der Waals surface area contributed by atoms with Gasteiger partial charge in [-0.1, -0.05) is 0 Å². The van der Waals surface area contributed by atoms with E-state index in [-0.39, 0.29) is 34.6 Å². The Morgan fingerprint density at radius 1 is 1.36 bits per heavy atom. The molecule has 0 spiro atoms. The van der Waals surface area contributed by atoms with Crippen LogP contribution in [0.3, 0.4) is 0 Å². The molecule has 0 aliphatic carbocycles. The van der Waals surface area contributed by atoms with Crippen LogP contribution in [0.2, 0.25) is 0 Å². The predicted octanol–water partition coefficient (Wildman–Crippen LogP) is -6.16. The maximum absolute atomic E-state index is 10.4. The van der Waals surface area contributed by atoms with Crippen LogP contribution in [-0.2, 0) is 9.59 Å². The fourth-order valence-electron chi connectivity index (χ4n) is 0.619. The third-order valence-corrected chi connectivity index (χ3v) is 1.20. The van der Waals surface area contributed by atoms with E-state index < -0.39 is 24.0 Å². The van der Waals surface area contributed by atoms with Crippen molar-refractivity contribution in [1.82, 2.24) is 5.06 Å². The van der Waals surface area contributed by atoms with Gasteiger partial charge in [-0.05, 0) is 6.10 Å². The maximum Gasteiger partial charge on any atom is 1.00 e. The number of hydrogen-bond donors (Lipinski definition) is 2. The summed E-state index contributed by atoms with van der Waals surface area (Å²) in [4.78, 5) is 20.6. The number of aliphatic hydroxyl groups excluding tert-OH is 1. The number of carbonyl (C=O) groups excluding carboxylic acids is 2. The first-order valence-electron chi connectivity index (χ1n) is 2.46. The summed E-state index contributed by atoms with van der Waals surface area (Å²) in [6.07, 6.45) is -4.00. The molecular weight excluding hydrogens is 165 g/mol. The normalized spacial score (nSPS) is 30.6. The quantitative estimate of drug-likeness (QED) is 0.213. The van der Waals surface area contributed by atoms with E-state index in [1.165, 1.54) is 0 Å². The van der Waals surface area contributed by atoms with Gasteiger partial charge in [0.25, 0.3) is 5.91 Å². The van der Waals surface area contributed by atoms with Crippen molar-refractivity contribution < 1.29 is 54.6 Å². The topological polar surface area (TPSA) is 101 Å². The summed E-state index contributed by atoms with van der Waals surface area (Å²) in [5, 5.41) is 26.9. The molecule has 1 fully saturated rings. The first kappa shape index (κ1) is 11.0. The number of nitrogens with zero attached hydrogens (tertiary/aromatic N) is 1. The molecule has 1 aliphatic rings. The summed E-state index contributed by atoms with van der Waals surface area (Å²) >= 11 is 0. The summed E-state index contributed by atoms with van der Waals surface area (Å²) in [5.41, 5.74) is 0. The van der Waals surface area contributed by atoms with E-state index in [0.29, 0.717) is 0 Å². The smallest absolute Gasteiger partial charge is 0.843 e. The zero-order chi connectivity index (χ0) is 7.89. The Bertz CT molecular complexity index is 175. The molecule has 0 aromatic carbocycles. The Morgan fingerprint density at radius 3 is 1.91 bits per heavy atom. The van der Waals surface area contributed by atoms with Gasteiger partial charge in [-0.2, -0.15) is 5.06 Å². The van der Waals surface area contributed by atoms with Gasteiger partial charge in [0.05, 0.1) is 0 Å². The second kappa shape index (κ2) is 3.61. The van der Waals surface area contributed by atoms with Gasteiger partial charge in [-0.3, -0.25) is 14.8 Å². The van der Waals surface area contributed by atoms with Crippen molar-refractivity contribution in [3.05, 3.63) is 0 Å². The average molecular weight is 169 g/mol. The van der Waals surface area contributed by atoms with Gasteiger partial charge in [0, 0.05) is 0 Å². The zero-order valence-electron chi connectivity index (χ0n) is 5.72. The first-order valence-corrected chi connectivity index (χ1v) is 2.46. The SMILES string of the molecule is O=C1[C@H]([O-])[C@@H](O)C(=O)N1O.[Na+]. The fraction of sp³-hybridized carbons (Fsp3) is 0.500. The minimum atomic E-state index is -2.07. The van der Waals surface area contributed by atoms with Crippen molar-refractivity contribution in [3.8, 4) is 0 Å². The van der Waals surface area contributed by atoms with Crippen LogP contribution in [0.1, 0.15) is 0 Å². The number of aliphatic hydroxyl groups is 1. The van der Waals surface area contributed by atoms with Gasteiger partial charge in [0.2, 0.25) is 5.91 Å². The molecule has 11 heavy (non-hydrogen) atoms. The van der Waals surface area contributed by atoms with Crippen LogP contribution >= 0.6 is 0 Å². The molecule has 0 bridgehead atoms. The number of carbonyl (C=O) groups is 2. The Morgan fingerprint density at radius 2 is 1.82 bits per heavy atom. The molecule has 56 valence electrons. The largest absolute Gasteiger partial charge is 1.00 e. The monoisotopic (exact) mass is 169 g/mol. The summed E-state index contributed by atoms with van der Waals surface area (Å²) < 4.78 is 0. The summed E-state index contributed by atoms with van der Waals surface area (Å²) in [5.74, 6) is -2.57. The molecule has 0 aromatic rings. The van der Waals surface area contributed by atoms with Crippen LogP contribution in [0, 0.1) is 0 Å². The van der Waals surface area contributed by atoms with Crippen molar-refractivity contribution in [3.63, 3.8) is 0 Å². The molecule has 0 aromatic heterocycles. The molecule has 0 saturated carbocycles. The van der Waals surface area contributed by atoms with Crippen molar-refractivity contribution in [1.29, 1.82) is 0 Å². The van der Waals surface area contributed by atoms with Crippen molar-refractivity contribution in [2.24, 2.45) is 0 Å². The number of imide groups is 1. The summed E-state index contributed by atoms with van der Waals surface area (Å²) in [6, 6.07) is 0. The standard InChI is InChI=1S/C4H4NO5.Na/c6-1-2(7)4(9)5(10)3(1)8;/h1-2,6,10H;/q-1;+1/t1-,2-;/m1./s1. The third-order valence-electron chi connectivity index (χ3n) is 1.20. The van der Waals surface area contributed by atoms with Gasteiger partial charge in [-0.15, -0.1) is 0 Å². The second-order valence-corrected chi connectivity index (χ2v) is 1.85. The van der Waals surface area contributed by atoms with Crippen molar-refractivity contribution in [2.45, 2.75) is 12.2 Å². The second-order valence-electron chi connectivity index (χ2n) is 1.85. The van der Waals surface area contributed by atoms with E-state index in [4.69, 9.17) is 10.3 Å². The van der Waals surface area contributed by atoms with Gasteiger partial charge in [-0.25, -0.2) is 0 Å². The van der Waals surface area contributed by atoms with Gasteiger partial charge >= 0.3 is 29.6 Å². The predicted molar refractivity (Wildman–Crippen MR) is 23.4 cm³/mol. The molecule has 1 aliphatic heterocycles. The Kier molecular flexibility index (Phi) is 3.62. The number of amides is 2. The molecule has 2 N–H and O–H groups in total. The Balaban J connectivity index is 0.000001000. The number of hydroxylamine groups is 2.